The van der Waals surface area contributed by atoms with Gasteiger partial charge in [0.15, 0.2) is 6.10 Å². The molecule has 1 aromatic rings. The maximum Gasteiger partial charge on any atom is 0.332 e. The third-order valence-electron chi connectivity index (χ3n) is 3.23. The molecule has 3 N–H and O–H groups in total. The first-order valence-electron chi connectivity index (χ1n) is 6.43. The van der Waals surface area contributed by atoms with Gasteiger partial charge >= 0.3 is 12.0 Å². The molecule has 8 nitrogen and oxygen atoms in total. The Morgan fingerprint density at radius 1 is 1.50 bits per heavy atom. The number of hydrogen-bond acceptors (Lipinski definition) is 4. The van der Waals surface area contributed by atoms with Crippen LogP contribution in [0.2, 0.25) is 0 Å². The quantitative estimate of drug-likeness (QED) is 0.696. The Balaban J connectivity index is 1.66. The molecule has 1 aliphatic heterocycles. The number of carbonyl (C=O) groups is 2. The molecule has 110 valence electrons. The van der Waals surface area contributed by atoms with Gasteiger partial charge in [0.25, 0.3) is 0 Å². The third kappa shape index (κ3) is 3.70. The molecule has 2 rings (SSSR count). The summed E-state index contributed by atoms with van der Waals surface area (Å²) in [7, 11) is 1.80. The van der Waals surface area contributed by atoms with Crippen LogP contribution in [0, 0.1) is 0 Å². The number of ether oxygens (including phenoxy) is 1. The van der Waals surface area contributed by atoms with Crippen LogP contribution < -0.4 is 10.6 Å². The average Bonchev–Trinajstić information content (AvgIpc) is 3.03. The number of aliphatic carboxylic acids is 1. The number of rotatable bonds is 5. The Hall–Kier alpha value is -2.09. The average molecular weight is 282 g/mol. The van der Waals surface area contributed by atoms with Crippen molar-refractivity contribution < 1.29 is 19.4 Å². The fraction of sp³-hybridized carbons (Fsp3) is 0.583. The Labute approximate surface area is 116 Å². The summed E-state index contributed by atoms with van der Waals surface area (Å²) in [5.74, 6) is -0.951. The second kappa shape index (κ2) is 6.38. The van der Waals surface area contributed by atoms with Crippen LogP contribution >= 0.6 is 0 Å². The first kappa shape index (κ1) is 14.3. The predicted octanol–water partition coefficient (Wildman–Crippen LogP) is -0.148. The molecule has 2 atom stereocenters. The van der Waals surface area contributed by atoms with Crippen LogP contribution in [0.5, 0.6) is 0 Å². The largest absolute Gasteiger partial charge is 0.479 e. The molecular formula is C12H18N4O4. The van der Waals surface area contributed by atoms with E-state index in [1.807, 2.05) is 6.07 Å². The minimum absolute atomic E-state index is 0.237. The van der Waals surface area contributed by atoms with Gasteiger partial charge in [-0.15, -0.1) is 0 Å². The number of nitrogens with zero attached hydrogens (tertiary/aromatic N) is 2. The van der Waals surface area contributed by atoms with Crippen molar-refractivity contribution in [2.75, 3.05) is 6.54 Å². The van der Waals surface area contributed by atoms with Gasteiger partial charge in [-0.05, 0) is 18.9 Å². The van der Waals surface area contributed by atoms with Gasteiger partial charge in [-0.3, -0.25) is 4.68 Å². The third-order valence-corrected chi connectivity index (χ3v) is 3.23. The fourth-order valence-corrected chi connectivity index (χ4v) is 2.05. The first-order chi connectivity index (χ1) is 9.56. The molecule has 1 fully saturated rings. The molecule has 0 bridgehead atoms. The van der Waals surface area contributed by atoms with E-state index in [1.165, 1.54) is 0 Å². The Morgan fingerprint density at radius 3 is 2.90 bits per heavy atom. The van der Waals surface area contributed by atoms with E-state index in [-0.39, 0.29) is 12.1 Å². The second-order valence-corrected chi connectivity index (χ2v) is 4.67. The van der Waals surface area contributed by atoms with Crippen molar-refractivity contribution in [3.05, 3.63) is 18.0 Å². The van der Waals surface area contributed by atoms with Crippen LogP contribution in [-0.2, 0) is 23.1 Å². The van der Waals surface area contributed by atoms with Crippen LogP contribution in [0.25, 0.3) is 0 Å². The molecule has 2 heterocycles. The van der Waals surface area contributed by atoms with Crippen LogP contribution in [0.3, 0.4) is 0 Å². The molecule has 1 saturated heterocycles. The van der Waals surface area contributed by atoms with Crippen molar-refractivity contribution in [1.82, 2.24) is 20.4 Å². The summed E-state index contributed by atoms with van der Waals surface area (Å²) in [4.78, 5) is 22.3. The highest BCUT2D eigenvalue weighted by molar-refractivity contribution is 5.74. The molecule has 0 aromatic carbocycles. The maximum atomic E-state index is 11.6. The number of carbonyl (C=O) groups excluding carboxylic acids is 1. The molecule has 0 aliphatic carbocycles. The van der Waals surface area contributed by atoms with E-state index in [9.17, 15) is 9.59 Å². The molecule has 0 spiro atoms. The van der Waals surface area contributed by atoms with Crippen LogP contribution in [0.15, 0.2) is 12.3 Å². The van der Waals surface area contributed by atoms with Gasteiger partial charge in [-0.2, -0.15) is 5.10 Å². The van der Waals surface area contributed by atoms with E-state index in [1.54, 1.807) is 17.9 Å². The number of carboxylic acids is 1. The van der Waals surface area contributed by atoms with Crippen LogP contribution in [-0.4, -0.2) is 45.6 Å². The molecule has 8 heteroatoms. The van der Waals surface area contributed by atoms with Crippen molar-refractivity contribution in [2.24, 2.45) is 7.05 Å². The lowest BCUT2D eigenvalue weighted by atomic mass is 10.2. The van der Waals surface area contributed by atoms with Gasteiger partial charge in [-0.1, -0.05) is 0 Å². The van der Waals surface area contributed by atoms with Crippen molar-refractivity contribution in [2.45, 2.75) is 31.6 Å². The molecule has 2 unspecified atom stereocenters. The van der Waals surface area contributed by atoms with Gasteiger partial charge < -0.3 is 20.5 Å². The summed E-state index contributed by atoms with van der Waals surface area (Å²) in [6.45, 7) is 0.687. The maximum absolute atomic E-state index is 11.6. The molecule has 0 saturated carbocycles. The van der Waals surface area contributed by atoms with Crippen molar-refractivity contribution >= 4 is 12.0 Å². The lowest BCUT2D eigenvalue weighted by Gasteiger charge is -2.13. The standard InChI is InChI=1S/C12H18N4O4/c1-16-8(4-5-15-16)6-13-12(19)14-7-9-2-3-10(20-9)11(17)18/h4-5,9-10H,2-3,6-7H2,1H3,(H,17,18)(H2,13,14,19). The number of aromatic nitrogens is 2. The Morgan fingerprint density at radius 2 is 2.30 bits per heavy atom. The molecule has 20 heavy (non-hydrogen) atoms. The summed E-state index contributed by atoms with van der Waals surface area (Å²) >= 11 is 0. The smallest absolute Gasteiger partial charge is 0.332 e. The van der Waals surface area contributed by atoms with E-state index >= 15 is 0 Å². The summed E-state index contributed by atoms with van der Waals surface area (Å²) in [6.07, 6.45) is 1.79. The second-order valence-electron chi connectivity index (χ2n) is 4.67. The first-order valence-corrected chi connectivity index (χ1v) is 6.43. The summed E-state index contributed by atoms with van der Waals surface area (Å²) in [5.41, 5.74) is 0.892. The minimum Gasteiger partial charge on any atom is -0.479 e. The zero-order chi connectivity index (χ0) is 14.5. The summed E-state index contributed by atoms with van der Waals surface area (Å²) in [5, 5.41) is 18.2. The zero-order valence-corrected chi connectivity index (χ0v) is 11.2. The van der Waals surface area contributed by atoms with Gasteiger partial charge in [0.2, 0.25) is 0 Å². The number of amides is 2. The van der Waals surface area contributed by atoms with Gasteiger partial charge in [0, 0.05) is 19.8 Å². The molecule has 0 radical (unpaired) electrons. The number of urea groups is 1. The minimum atomic E-state index is -0.951. The number of carboxylic acid groups (broad SMARTS) is 1. The monoisotopic (exact) mass is 282 g/mol. The van der Waals surface area contributed by atoms with E-state index < -0.39 is 12.1 Å². The SMILES string of the molecule is Cn1nccc1CNC(=O)NCC1CCC(C(=O)O)O1. The number of nitrogens with one attached hydrogen (secondary N) is 2. The van der Waals surface area contributed by atoms with E-state index in [2.05, 4.69) is 15.7 Å². The van der Waals surface area contributed by atoms with E-state index in [4.69, 9.17) is 9.84 Å². The molecular weight excluding hydrogens is 264 g/mol. The highest BCUT2D eigenvalue weighted by Crippen LogP contribution is 2.19. The van der Waals surface area contributed by atoms with Crippen LogP contribution in [0.1, 0.15) is 18.5 Å². The Bertz CT molecular complexity index is 488. The fourth-order valence-electron chi connectivity index (χ4n) is 2.05. The molecule has 1 aromatic heterocycles. The van der Waals surface area contributed by atoms with Gasteiger partial charge in [0.1, 0.15) is 0 Å². The zero-order valence-electron chi connectivity index (χ0n) is 11.2. The van der Waals surface area contributed by atoms with Crippen molar-refractivity contribution in [1.29, 1.82) is 0 Å². The topological polar surface area (TPSA) is 105 Å². The highest BCUT2D eigenvalue weighted by Gasteiger charge is 2.30. The highest BCUT2D eigenvalue weighted by atomic mass is 16.5. The summed E-state index contributed by atoms with van der Waals surface area (Å²) in [6, 6.07) is 1.51. The van der Waals surface area contributed by atoms with E-state index in [0.717, 1.165) is 5.69 Å². The van der Waals surface area contributed by atoms with Crippen molar-refractivity contribution in [3.63, 3.8) is 0 Å². The normalized spacial score (nSPS) is 21.6. The Kier molecular flexibility index (Phi) is 4.57. The lowest BCUT2D eigenvalue weighted by Crippen LogP contribution is -2.40. The molecule has 1 aliphatic rings. The van der Waals surface area contributed by atoms with Crippen molar-refractivity contribution in [3.8, 4) is 0 Å². The number of hydrogen-bond donors (Lipinski definition) is 3. The van der Waals surface area contributed by atoms with Gasteiger partial charge in [0.05, 0.1) is 18.3 Å². The van der Waals surface area contributed by atoms with Gasteiger partial charge in [-0.25, -0.2) is 9.59 Å². The van der Waals surface area contributed by atoms with E-state index in [0.29, 0.717) is 25.9 Å². The lowest BCUT2D eigenvalue weighted by molar-refractivity contribution is -0.149. The predicted molar refractivity (Wildman–Crippen MR) is 69.0 cm³/mol. The number of aryl methyl sites for hydroxylation is 1. The molecule has 2 amide bonds. The summed E-state index contributed by atoms with van der Waals surface area (Å²) < 4.78 is 6.96. The van der Waals surface area contributed by atoms with Crippen LogP contribution in [0.4, 0.5) is 4.79 Å².